The van der Waals surface area contributed by atoms with E-state index in [0.29, 0.717) is 0 Å². The molecule has 2 rings (SSSR count). The molecule has 16 heavy (non-hydrogen) atoms. The SMILES string of the molecule is C=C[C@@H]1C[C@](CO)(CC2CCCCC2)CO1. The van der Waals surface area contributed by atoms with Gasteiger partial charge in [-0.15, -0.1) is 6.58 Å². The molecular formula is C14H24O2. The van der Waals surface area contributed by atoms with Crippen LogP contribution in [-0.2, 0) is 4.74 Å². The van der Waals surface area contributed by atoms with E-state index in [9.17, 15) is 5.11 Å². The highest BCUT2D eigenvalue weighted by atomic mass is 16.5. The molecule has 2 nitrogen and oxygen atoms in total. The van der Waals surface area contributed by atoms with Crippen molar-refractivity contribution in [1.82, 2.24) is 0 Å². The van der Waals surface area contributed by atoms with Crippen molar-refractivity contribution in [3.05, 3.63) is 12.7 Å². The van der Waals surface area contributed by atoms with Gasteiger partial charge in [0.2, 0.25) is 0 Å². The summed E-state index contributed by atoms with van der Waals surface area (Å²) in [6.07, 6.45) is 11.0. The molecule has 1 heterocycles. The molecule has 0 unspecified atom stereocenters. The Balaban J connectivity index is 1.91. The molecule has 2 aliphatic rings. The fourth-order valence-corrected chi connectivity index (χ4v) is 3.30. The van der Waals surface area contributed by atoms with Crippen LogP contribution in [0.4, 0.5) is 0 Å². The lowest BCUT2D eigenvalue weighted by molar-refractivity contribution is 0.0605. The summed E-state index contributed by atoms with van der Waals surface area (Å²) >= 11 is 0. The number of rotatable bonds is 4. The van der Waals surface area contributed by atoms with Crippen molar-refractivity contribution in [2.24, 2.45) is 11.3 Å². The van der Waals surface area contributed by atoms with Crippen molar-refractivity contribution in [1.29, 1.82) is 0 Å². The van der Waals surface area contributed by atoms with Gasteiger partial charge < -0.3 is 9.84 Å². The Bertz CT molecular complexity index is 233. The van der Waals surface area contributed by atoms with Crippen LogP contribution in [0.5, 0.6) is 0 Å². The van der Waals surface area contributed by atoms with Crippen LogP contribution in [0.1, 0.15) is 44.9 Å². The quantitative estimate of drug-likeness (QED) is 0.744. The summed E-state index contributed by atoms with van der Waals surface area (Å²) in [6, 6.07) is 0. The van der Waals surface area contributed by atoms with Crippen LogP contribution >= 0.6 is 0 Å². The monoisotopic (exact) mass is 224 g/mol. The molecule has 0 bridgehead atoms. The average Bonchev–Trinajstić information content (AvgIpc) is 2.75. The normalized spacial score (nSPS) is 36.4. The number of ether oxygens (including phenoxy) is 1. The largest absolute Gasteiger partial charge is 0.396 e. The average molecular weight is 224 g/mol. The van der Waals surface area contributed by atoms with Gasteiger partial charge in [-0.2, -0.15) is 0 Å². The van der Waals surface area contributed by atoms with E-state index in [0.717, 1.165) is 25.4 Å². The Kier molecular flexibility index (Phi) is 4.04. The molecule has 92 valence electrons. The minimum atomic E-state index is 0.0286. The lowest BCUT2D eigenvalue weighted by atomic mass is 9.73. The first kappa shape index (κ1) is 12.1. The van der Waals surface area contributed by atoms with Crippen LogP contribution in [0.2, 0.25) is 0 Å². The Labute approximate surface area is 98.7 Å². The zero-order chi connectivity index (χ0) is 11.4. The maximum atomic E-state index is 9.65. The van der Waals surface area contributed by atoms with Gasteiger partial charge in [0.25, 0.3) is 0 Å². The van der Waals surface area contributed by atoms with Crippen LogP contribution in [0.15, 0.2) is 12.7 Å². The highest BCUT2D eigenvalue weighted by molar-refractivity contribution is 4.95. The maximum Gasteiger partial charge on any atom is 0.0760 e. The molecule has 0 amide bonds. The Morgan fingerprint density at radius 2 is 2.06 bits per heavy atom. The van der Waals surface area contributed by atoms with E-state index in [2.05, 4.69) is 6.58 Å². The van der Waals surface area contributed by atoms with Crippen LogP contribution < -0.4 is 0 Å². The van der Waals surface area contributed by atoms with Crippen molar-refractivity contribution < 1.29 is 9.84 Å². The first-order chi connectivity index (χ1) is 7.78. The van der Waals surface area contributed by atoms with Crippen molar-refractivity contribution in [3.8, 4) is 0 Å². The van der Waals surface area contributed by atoms with Crippen molar-refractivity contribution >= 4 is 0 Å². The standard InChI is InChI=1S/C14H24O2/c1-2-13-9-14(10-15,11-16-13)8-12-6-4-3-5-7-12/h2,12-13,15H,1,3-11H2/t13-,14+/m1/s1. The van der Waals surface area contributed by atoms with Gasteiger partial charge in [-0.05, 0) is 18.8 Å². The lowest BCUT2D eigenvalue weighted by Gasteiger charge is -2.32. The molecule has 0 radical (unpaired) electrons. The van der Waals surface area contributed by atoms with Gasteiger partial charge in [0, 0.05) is 5.41 Å². The minimum Gasteiger partial charge on any atom is -0.396 e. The van der Waals surface area contributed by atoms with Gasteiger partial charge in [-0.3, -0.25) is 0 Å². The zero-order valence-corrected chi connectivity index (χ0v) is 10.2. The number of aliphatic hydroxyl groups excluding tert-OH is 1. The summed E-state index contributed by atoms with van der Waals surface area (Å²) in [4.78, 5) is 0. The molecule has 0 aromatic rings. The molecule has 0 aromatic carbocycles. The molecule has 0 spiro atoms. The molecular weight excluding hydrogens is 200 g/mol. The zero-order valence-electron chi connectivity index (χ0n) is 10.2. The summed E-state index contributed by atoms with van der Waals surface area (Å²) < 4.78 is 5.67. The van der Waals surface area contributed by atoms with E-state index in [1.807, 2.05) is 6.08 Å². The number of hydrogen-bond donors (Lipinski definition) is 1. The molecule has 1 aliphatic carbocycles. The molecule has 1 saturated heterocycles. The Morgan fingerprint density at radius 1 is 1.31 bits per heavy atom. The molecule has 1 aliphatic heterocycles. The smallest absolute Gasteiger partial charge is 0.0760 e. The summed E-state index contributed by atoms with van der Waals surface area (Å²) in [6.45, 7) is 4.77. The van der Waals surface area contributed by atoms with E-state index in [1.165, 1.54) is 32.1 Å². The summed E-state index contributed by atoms with van der Waals surface area (Å²) in [5.41, 5.74) is 0.0286. The van der Waals surface area contributed by atoms with E-state index in [4.69, 9.17) is 4.74 Å². The maximum absolute atomic E-state index is 9.65. The topological polar surface area (TPSA) is 29.5 Å². The van der Waals surface area contributed by atoms with Crippen LogP contribution in [-0.4, -0.2) is 24.4 Å². The fraction of sp³-hybridized carbons (Fsp3) is 0.857. The lowest BCUT2D eigenvalue weighted by Crippen LogP contribution is -2.29. The van der Waals surface area contributed by atoms with Gasteiger partial charge in [-0.25, -0.2) is 0 Å². The first-order valence-electron chi connectivity index (χ1n) is 6.63. The molecule has 2 fully saturated rings. The third kappa shape index (κ3) is 2.67. The summed E-state index contributed by atoms with van der Waals surface area (Å²) in [5, 5.41) is 9.65. The molecule has 1 N–H and O–H groups in total. The minimum absolute atomic E-state index is 0.0286. The van der Waals surface area contributed by atoms with Gasteiger partial charge in [-0.1, -0.05) is 38.2 Å². The Hall–Kier alpha value is -0.340. The van der Waals surface area contributed by atoms with Gasteiger partial charge in [0.1, 0.15) is 0 Å². The van der Waals surface area contributed by atoms with Crippen LogP contribution in [0, 0.1) is 11.3 Å². The third-order valence-corrected chi connectivity index (χ3v) is 4.28. The highest BCUT2D eigenvalue weighted by Crippen LogP contribution is 2.42. The second-order valence-electron chi connectivity index (χ2n) is 5.66. The predicted octanol–water partition coefficient (Wildman–Crippen LogP) is 2.91. The number of hydrogen-bond acceptors (Lipinski definition) is 2. The van der Waals surface area contributed by atoms with Crippen molar-refractivity contribution in [2.75, 3.05) is 13.2 Å². The van der Waals surface area contributed by atoms with Gasteiger partial charge in [0.05, 0.1) is 19.3 Å². The summed E-state index contributed by atoms with van der Waals surface area (Å²) in [7, 11) is 0. The van der Waals surface area contributed by atoms with Gasteiger partial charge >= 0.3 is 0 Å². The second-order valence-corrected chi connectivity index (χ2v) is 5.66. The Morgan fingerprint density at radius 3 is 2.62 bits per heavy atom. The van der Waals surface area contributed by atoms with Crippen molar-refractivity contribution in [3.63, 3.8) is 0 Å². The fourth-order valence-electron chi connectivity index (χ4n) is 3.30. The number of aliphatic hydroxyl groups is 1. The predicted molar refractivity (Wildman–Crippen MR) is 65.3 cm³/mol. The van der Waals surface area contributed by atoms with Crippen LogP contribution in [0.25, 0.3) is 0 Å². The van der Waals surface area contributed by atoms with E-state index < -0.39 is 0 Å². The highest BCUT2D eigenvalue weighted by Gasteiger charge is 2.40. The molecule has 2 atom stereocenters. The molecule has 2 heteroatoms. The van der Waals surface area contributed by atoms with E-state index >= 15 is 0 Å². The van der Waals surface area contributed by atoms with E-state index in [1.54, 1.807) is 0 Å². The molecule has 1 saturated carbocycles. The molecule has 0 aromatic heterocycles. The van der Waals surface area contributed by atoms with E-state index in [-0.39, 0.29) is 18.1 Å². The second kappa shape index (κ2) is 5.33. The van der Waals surface area contributed by atoms with Crippen molar-refractivity contribution in [2.45, 2.75) is 51.0 Å². The summed E-state index contributed by atoms with van der Waals surface area (Å²) in [5.74, 6) is 0.813. The van der Waals surface area contributed by atoms with Crippen LogP contribution in [0.3, 0.4) is 0 Å². The third-order valence-electron chi connectivity index (χ3n) is 4.28. The first-order valence-corrected chi connectivity index (χ1v) is 6.63. The van der Waals surface area contributed by atoms with Gasteiger partial charge in [0.15, 0.2) is 0 Å².